The van der Waals surface area contributed by atoms with Crippen LogP contribution in [0.2, 0.25) is 0 Å². The minimum Gasteiger partial charge on any atom is -0.481 e. The van der Waals surface area contributed by atoms with Crippen molar-refractivity contribution in [2.45, 2.75) is 32.1 Å². The molecule has 0 aliphatic carbocycles. The molecule has 1 N–H and O–H groups in total. The van der Waals surface area contributed by atoms with E-state index in [4.69, 9.17) is 0 Å². The number of carbonyl (C=O) groups excluding carboxylic acids is 1. The summed E-state index contributed by atoms with van der Waals surface area (Å²) in [6.45, 7) is 3.57. The first-order valence-electron chi connectivity index (χ1n) is 5.81. The van der Waals surface area contributed by atoms with Crippen LogP contribution in [-0.2, 0) is 15.0 Å². The molecular weight excluding hydrogens is 216 g/mol. The first-order valence-corrected chi connectivity index (χ1v) is 5.81. The molecule has 0 fully saturated rings. The summed E-state index contributed by atoms with van der Waals surface area (Å²) in [4.78, 5) is 22.7. The number of hydrogen-bond donors (Lipinski definition) is 1. The molecule has 17 heavy (non-hydrogen) atoms. The highest BCUT2D eigenvalue weighted by Gasteiger charge is 2.42. The zero-order chi connectivity index (χ0) is 12.9. The highest BCUT2D eigenvalue weighted by Crippen LogP contribution is 2.34. The van der Waals surface area contributed by atoms with Gasteiger partial charge in [0.05, 0.1) is 5.41 Å². The number of carboxylic acid groups (broad SMARTS) is 1. The fraction of sp³-hybridized carbons (Fsp3) is 0.429. The van der Waals surface area contributed by atoms with E-state index in [1.807, 2.05) is 13.0 Å². The topological polar surface area (TPSA) is 54.4 Å². The number of aliphatic carboxylic acids is 1. The lowest BCUT2D eigenvalue weighted by Crippen LogP contribution is -2.41. The second-order valence-corrected chi connectivity index (χ2v) is 4.40. The van der Waals surface area contributed by atoms with E-state index < -0.39 is 17.3 Å². The van der Waals surface area contributed by atoms with E-state index in [2.05, 4.69) is 0 Å². The van der Waals surface area contributed by atoms with Gasteiger partial charge in [-0.25, -0.2) is 0 Å². The molecule has 0 saturated heterocycles. The van der Waals surface area contributed by atoms with Gasteiger partial charge >= 0.3 is 5.97 Å². The fourth-order valence-electron chi connectivity index (χ4n) is 2.08. The number of hydrogen-bond acceptors (Lipinski definition) is 2. The van der Waals surface area contributed by atoms with Gasteiger partial charge in [-0.1, -0.05) is 43.7 Å². The third-order valence-corrected chi connectivity index (χ3v) is 3.32. The van der Waals surface area contributed by atoms with Crippen molar-refractivity contribution in [1.82, 2.24) is 0 Å². The predicted octanol–water partition coefficient (Wildman–Crippen LogP) is 2.64. The molecule has 0 amide bonds. The Morgan fingerprint density at radius 2 is 2.00 bits per heavy atom. The SMILES string of the molecule is CCCC(C=O)C(C)(C(=O)O)c1ccccc1. The van der Waals surface area contributed by atoms with Crippen LogP contribution in [0.1, 0.15) is 32.3 Å². The van der Waals surface area contributed by atoms with Gasteiger partial charge in [0.15, 0.2) is 0 Å². The van der Waals surface area contributed by atoms with Crippen molar-refractivity contribution in [2.24, 2.45) is 5.92 Å². The Labute approximate surface area is 101 Å². The Morgan fingerprint density at radius 3 is 2.41 bits per heavy atom. The summed E-state index contributed by atoms with van der Waals surface area (Å²) in [6.07, 6.45) is 2.14. The molecule has 0 spiro atoms. The van der Waals surface area contributed by atoms with Crippen molar-refractivity contribution in [1.29, 1.82) is 0 Å². The highest BCUT2D eigenvalue weighted by molar-refractivity contribution is 5.85. The smallest absolute Gasteiger partial charge is 0.314 e. The van der Waals surface area contributed by atoms with Crippen LogP contribution in [0.3, 0.4) is 0 Å². The van der Waals surface area contributed by atoms with Crippen molar-refractivity contribution in [3.63, 3.8) is 0 Å². The molecule has 0 heterocycles. The zero-order valence-electron chi connectivity index (χ0n) is 10.2. The first-order chi connectivity index (χ1) is 8.07. The van der Waals surface area contributed by atoms with E-state index in [-0.39, 0.29) is 0 Å². The Morgan fingerprint density at radius 1 is 1.41 bits per heavy atom. The summed E-state index contributed by atoms with van der Waals surface area (Å²) in [5.41, 5.74) is -0.461. The minimum atomic E-state index is -1.14. The van der Waals surface area contributed by atoms with Crippen LogP contribution >= 0.6 is 0 Å². The van der Waals surface area contributed by atoms with Gasteiger partial charge in [-0.05, 0) is 18.9 Å². The van der Waals surface area contributed by atoms with Crippen molar-refractivity contribution in [2.75, 3.05) is 0 Å². The Kier molecular flexibility index (Phi) is 4.44. The molecule has 0 saturated carbocycles. The van der Waals surface area contributed by atoms with Crippen LogP contribution in [0.15, 0.2) is 30.3 Å². The van der Waals surface area contributed by atoms with E-state index in [1.54, 1.807) is 31.2 Å². The fourth-order valence-corrected chi connectivity index (χ4v) is 2.08. The van der Waals surface area contributed by atoms with Gasteiger partial charge < -0.3 is 9.90 Å². The second-order valence-electron chi connectivity index (χ2n) is 4.40. The molecular formula is C14H18O3. The summed E-state index contributed by atoms with van der Waals surface area (Å²) in [7, 11) is 0. The Bertz CT molecular complexity index is 386. The van der Waals surface area contributed by atoms with E-state index in [1.165, 1.54) is 0 Å². The maximum absolute atomic E-state index is 11.5. The molecule has 92 valence electrons. The van der Waals surface area contributed by atoms with Gasteiger partial charge in [0.2, 0.25) is 0 Å². The van der Waals surface area contributed by atoms with Gasteiger partial charge in [0, 0.05) is 5.92 Å². The van der Waals surface area contributed by atoms with Crippen LogP contribution in [-0.4, -0.2) is 17.4 Å². The molecule has 0 aliphatic heterocycles. The van der Waals surface area contributed by atoms with Crippen molar-refractivity contribution < 1.29 is 14.7 Å². The normalized spacial score (nSPS) is 15.9. The third kappa shape index (κ3) is 2.54. The Balaban J connectivity index is 3.22. The summed E-state index contributed by atoms with van der Waals surface area (Å²) in [6, 6.07) is 8.96. The second kappa shape index (κ2) is 5.62. The zero-order valence-corrected chi connectivity index (χ0v) is 10.2. The molecule has 2 atom stereocenters. The van der Waals surface area contributed by atoms with Gasteiger partial charge in [0.1, 0.15) is 6.29 Å². The minimum absolute atomic E-state index is 0.493. The van der Waals surface area contributed by atoms with Crippen molar-refractivity contribution >= 4 is 12.3 Å². The van der Waals surface area contributed by atoms with Gasteiger partial charge in [-0.2, -0.15) is 0 Å². The molecule has 0 aromatic heterocycles. The van der Waals surface area contributed by atoms with Gasteiger partial charge in [-0.3, -0.25) is 4.79 Å². The first kappa shape index (κ1) is 13.4. The maximum Gasteiger partial charge on any atom is 0.314 e. The number of carboxylic acids is 1. The average Bonchev–Trinajstić information content (AvgIpc) is 2.35. The van der Waals surface area contributed by atoms with E-state index in [0.29, 0.717) is 12.0 Å². The lowest BCUT2D eigenvalue weighted by atomic mass is 9.70. The molecule has 1 aromatic rings. The van der Waals surface area contributed by atoms with Crippen LogP contribution < -0.4 is 0 Å². The van der Waals surface area contributed by atoms with E-state index in [0.717, 1.165) is 12.7 Å². The maximum atomic E-state index is 11.5. The molecule has 0 bridgehead atoms. The summed E-state index contributed by atoms with van der Waals surface area (Å²) in [5, 5.41) is 9.46. The molecule has 1 aromatic carbocycles. The van der Waals surface area contributed by atoms with E-state index in [9.17, 15) is 14.7 Å². The molecule has 0 aliphatic rings. The highest BCUT2D eigenvalue weighted by atomic mass is 16.4. The van der Waals surface area contributed by atoms with Gasteiger partial charge in [0.25, 0.3) is 0 Å². The van der Waals surface area contributed by atoms with Crippen molar-refractivity contribution in [3.05, 3.63) is 35.9 Å². The van der Waals surface area contributed by atoms with Gasteiger partial charge in [-0.15, -0.1) is 0 Å². The predicted molar refractivity (Wildman–Crippen MR) is 65.9 cm³/mol. The molecule has 1 rings (SSSR count). The largest absolute Gasteiger partial charge is 0.481 e. The molecule has 3 heteroatoms. The number of benzene rings is 1. The molecule has 0 radical (unpaired) electrons. The summed E-state index contributed by atoms with van der Waals surface area (Å²) < 4.78 is 0. The van der Waals surface area contributed by atoms with Crippen LogP contribution in [0.5, 0.6) is 0 Å². The van der Waals surface area contributed by atoms with E-state index >= 15 is 0 Å². The lowest BCUT2D eigenvalue weighted by molar-refractivity contribution is -0.147. The number of carbonyl (C=O) groups is 2. The van der Waals surface area contributed by atoms with Crippen LogP contribution in [0, 0.1) is 5.92 Å². The summed E-state index contributed by atoms with van der Waals surface area (Å²) >= 11 is 0. The monoisotopic (exact) mass is 234 g/mol. The Hall–Kier alpha value is -1.64. The quantitative estimate of drug-likeness (QED) is 0.770. The van der Waals surface area contributed by atoms with Crippen LogP contribution in [0.4, 0.5) is 0 Å². The number of aldehydes is 1. The van der Waals surface area contributed by atoms with Crippen LogP contribution in [0.25, 0.3) is 0 Å². The lowest BCUT2D eigenvalue weighted by Gasteiger charge is -2.30. The number of rotatable bonds is 6. The summed E-state index contributed by atoms with van der Waals surface area (Å²) in [5.74, 6) is -1.44. The standard InChI is InChI=1S/C14H18O3/c1-3-7-12(10-15)14(2,13(16)17)11-8-5-4-6-9-11/h4-6,8-10,12H,3,7H2,1-2H3,(H,16,17). The third-order valence-electron chi connectivity index (χ3n) is 3.32. The average molecular weight is 234 g/mol. The molecule has 3 nitrogen and oxygen atoms in total. The van der Waals surface area contributed by atoms with Crippen molar-refractivity contribution in [3.8, 4) is 0 Å². The molecule has 2 unspecified atom stereocenters.